The molecule has 0 aliphatic carbocycles. The van der Waals surface area contributed by atoms with Crippen molar-refractivity contribution in [1.29, 1.82) is 5.26 Å². The molecular weight excluding hydrogens is 433 g/mol. The van der Waals surface area contributed by atoms with Crippen LogP contribution in [0.3, 0.4) is 0 Å². The van der Waals surface area contributed by atoms with Crippen molar-refractivity contribution >= 4 is 40.0 Å². The fourth-order valence-electron chi connectivity index (χ4n) is 3.93. The van der Waals surface area contributed by atoms with E-state index >= 15 is 0 Å². The fraction of sp³-hybridized carbons (Fsp3) is 0.217. The van der Waals surface area contributed by atoms with Crippen LogP contribution in [0.4, 0.5) is 0 Å². The van der Waals surface area contributed by atoms with Crippen LogP contribution in [0, 0.1) is 11.3 Å². The number of aromatic nitrogens is 2. The molecule has 1 aliphatic rings. The topological polar surface area (TPSA) is 81.9 Å². The van der Waals surface area contributed by atoms with Gasteiger partial charge in [-0.15, -0.1) is 0 Å². The molecule has 31 heavy (non-hydrogen) atoms. The third-order valence-corrected chi connectivity index (χ3v) is 5.94. The van der Waals surface area contributed by atoms with Gasteiger partial charge in [0.15, 0.2) is 5.82 Å². The number of hydrogen-bond acceptors (Lipinski definition) is 5. The summed E-state index contributed by atoms with van der Waals surface area (Å²) in [4.78, 5) is 24.0. The number of carbonyl (C=O) groups is 1. The Morgan fingerprint density at radius 3 is 2.68 bits per heavy atom. The quantitative estimate of drug-likeness (QED) is 0.596. The molecule has 156 valence electrons. The molecule has 1 atom stereocenters. The van der Waals surface area contributed by atoms with Crippen molar-refractivity contribution in [3.8, 4) is 17.3 Å². The lowest BCUT2D eigenvalue weighted by Crippen LogP contribution is -2.61. The van der Waals surface area contributed by atoms with E-state index in [1.165, 1.54) is 6.08 Å². The highest BCUT2D eigenvalue weighted by molar-refractivity contribution is 6.31. The Morgan fingerprint density at radius 1 is 1.23 bits per heavy atom. The number of piperazine rings is 1. The highest BCUT2D eigenvalue weighted by atomic mass is 35.5. The van der Waals surface area contributed by atoms with Crippen LogP contribution >= 0.6 is 23.2 Å². The van der Waals surface area contributed by atoms with Gasteiger partial charge in [0, 0.05) is 40.6 Å². The lowest BCUT2D eigenvalue weighted by atomic mass is 9.89. The van der Waals surface area contributed by atoms with Crippen molar-refractivity contribution in [3.05, 3.63) is 71.0 Å². The van der Waals surface area contributed by atoms with E-state index < -0.39 is 5.54 Å². The maximum Gasteiger partial charge on any atom is 0.246 e. The van der Waals surface area contributed by atoms with Crippen molar-refractivity contribution in [1.82, 2.24) is 20.2 Å². The zero-order valence-corrected chi connectivity index (χ0v) is 18.1. The Balaban J connectivity index is 2.01. The summed E-state index contributed by atoms with van der Waals surface area (Å²) in [7, 11) is 0. The number of halogens is 2. The van der Waals surface area contributed by atoms with E-state index in [1.807, 2.05) is 18.2 Å². The number of fused-ring (bicyclic) bond motifs is 1. The number of amides is 1. The van der Waals surface area contributed by atoms with Crippen LogP contribution in [0.25, 0.3) is 22.2 Å². The summed E-state index contributed by atoms with van der Waals surface area (Å²) in [5, 5.41) is 14.9. The predicted molar refractivity (Wildman–Crippen MR) is 122 cm³/mol. The molecule has 1 aliphatic heterocycles. The Hall–Kier alpha value is -2.98. The van der Waals surface area contributed by atoms with Crippen LogP contribution in [0.5, 0.6) is 0 Å². The number of hydrogen-bond donors (Lipinski definition) is 1. The summed E-state index contributed by atoms with van der Waals surface area (Å²) in [6.07, 6.45) is 1.29. The summed E-state index contributed by atoms with van der Waals surface area (Å²) < 4.78 is 0. The average Bonchev–Trinajstić information content (AvgIpc) is 2.78. The van der Waals surface area contributed by atoms with E-state index in [9.17, 15) is 10.1 Å². The molecule has 3 aromatic rings. The molecule has 0 saturated carbocycles. The molecule has 1 saturated heterocycles. The first-order valence-electron chi connectivity index (χ1n) is 9.74. The SMILES string of the molecule is C=CC(=O)N1CCNCC1(CC#N)c1nc(-c2ccc(Cl)cc2)c2ccc(Cl)cc2n1. The third kappa shape index (κ3) is 3.88. The van der Waals surface area contributed by atoms with Gasteiger partial charge in [-0.1, -0.05) is 41.9 Å². The largest absolute Gasteiger partial charge is 0.323 e. The Morgan fingerprint density at radius 2 is 1.97 bits per heavy atom. The summed E-state index contributed by atoms with van der Waals surface area (Å²) in [5.74, 6) is 0.121. The fourth-order valence-corrected chi connectivity index (χ4v) is 4.23. The normalized spacial score (nSPS) is 18.5. The minimum atomic E-state index is -1.03. The van der Waals surface area contributed by atoms with Gasteiger partial charge in [-0.05, 0) is 36.4 Å². The molecular formula is C23H19Cl2N5O. The predicted octanol–water partition coefficient (Wildman–Crippen LogP) is 4.33. The monoisotopic (exact) mass is 451 g/mol. The van der Waals surface area contributed by atoms with Crippen LogP contribution in [-0.4, -0.2) is 40.4 Å². The minimum Gasteiger partial charge on any atom is -0.323 e. The van der Waals surface area contributed by atoms with Gasteiger partial charge >= 0.3 is 0 Å². The maximum atomic E-state index is 12.7. The second kappa shape index (κ2) is 8.64. The smallest absolute Gasteiger partial charge is 0.246 e. The zero-order valence-electron chi connectivity index (χ0n) is 16.6. The van der Waals surface area contributed by atoms with E-state index in [-0.39, 0.29) is 12.3 Å². The number of nitrogens with zero attached hydrogens (tertiary/aromatic N) is 4. The van der Waals surface area contributed by atoms with Gasteiger partial charge < -0.3 is 10.2 Å². The van der Waals surface area contributed by atoms with Crippen molar-refractivity contribution in [3.63, 3.8) is 0 Å². The molecule has 0 radical (unpaired) electrons. The number of rotatable bonds is 4. The first kappa shape index (κ1) is 21.3. The van der Waals surface area contributed by atoms with Gasteiger partial charge in [0.05, 0.1) is 23.7 Å². The van der Waals surface area contributed by atoms with Gasteiger partial charge in [0.25, 0.3) is 0 Å². The summed E-state index contributed by atoms with van der Waals surface area (Å²) in [6, 6.07) is 15.0. The molecule has 1 fully saturated rings. The summed E-state index contributed by atoms with van der Waals surface area (Å²) in [5.41, 5.74) is 1.13. The molecule has 1 unspecified atom stereocenters. The van der Waals surface area contributed by atoms with E-state index in [4.69, 9.17) is 33.2 Å². The van der Waals surface area contributed by atoms with E-state index in [0.29, 0.717) is 46.7 Å². The molecule has 0 spiro atoms. The van der Waals surface area contributed by atoms with E-state index in [1.54, 1.807) is 29.2 Å². The molecule has 6 nitrogen and oxygen atoms in total. The molecule has 0 bridgehead atoms. The number of carbonyl (C=O) groups excluding carboxylic acids is 1. The summed E-state index contributed by atoms with van der Waals surface area (Å²) >= 11 is 12.3. The molecule has 2 aromatic carbocycles. The van der Waals surface area contributed by atoms with E-state index in [2.05, 4.69) is 18.0 Å². The summed E-state index contributed by atoms with van der Waals surface area (Å²) in [6.45, 7) is 5.00. The lowest BCUT2D eigenvalue weighted by Gasteiger charge is -2.44. The Kier molecular flexibility index (Phi) is 5.92. The zero-order chi connectivity index (χ0) is 22.0. The van der Waals surface area contributed by atoms with Gasteiger partial charge in [0.1, 0.15) is 5.54 Å². The Labute approximate surface area is 190 Å². The number of nitriles is 1. The van der Waals surface area contributed by atoms with E-state index in [0.717, 1.165) is 10.9 Å². The molecule has 1 amide bonds. The van der Waals surface area contributed by atoms with Crippen LogP contribution in [0.2, 0.25) is 10.0 Å². The standard InChI is InChI=1S/C23H19Cl2N5O/c1-2-20(31)30-12-11-27-14-23(30,9-10-26)22-28-19-13-17(25)7-8-18(19)21(29-22)15-3-5-16(24)6-4-15/h2-8,13,27H,1,9,11-12,14H2. The highest BCUT2D eigenvalue weighted by Gasteiger charge is 2.45. The van der Waals surface area contributed by atoms with Gasteiger partial charge in [0.2, 0.25) is 5.91 Å². The minimum absolute atomic E-state index is 0.0334. The first-order valence-corrected chi connectivity index (χ1v) is 10.5. The van der Waals surface area contributed by atoms with Crippen molar-refractivity contribution in [2.75, 3.05) is 19.6 Å². The van der Waals surface area contributed by atoms with Crippen LogP contribution < -0.4 is 5.32 Å². The van der Waals surface area contributed by atoms with Crippen molar-refractivity contribution in [2.45, 2.75) is 12.0 Å². The highest BCUT2D eigenvalue weighted by Crippen LogP contribution is 2.36. The van der Waals surface area contributed by atoms with Crippen LogP contribution in [0.15, 0.2) is 55.1 Å². The maximum absolute atomic E-state index is 12.7. The lowest BCUT2D eigenvalue weighted by molar-refractivity contribution is -0.134. The average molecular weight is 452 g/mol. The molecule has 8 heteroatoms. The second-order valence-electron chi connectivity index (χ2n) is 7.30. The van der Waals surface area contributed by atoms with Gasteiger partial charge in [-0.2, -0.15) is 5.26 Å². The Bertz CT molecular complexity index is 1210. The second-order valence-corrected chi connectivity index (χ2v) is 8.17. The van der Waals surface area contributed by atoms with Gasteiger partial charge in [-0.25, -0.2) is 9.97 Å². The molecule has 1 N–H and O–H groups in total. The first-order chi connectivity index (χ1) is 15.0. The van der Waals surface area contributed by atoms with Crippen LogP contribution in [-0.2, 0) is 10.3 Å². The number of nitrogens with one attached hydrogen (secondary N) is 1. The van der Waals surface area contributed by atoms with Crippen molar-refractivity contribution < 1.29 is 4.79 Å². The molecule has 4 rings (SSSR count). The number of benzene rings is 2. The molecule has 2 heterocycles. The molecule has 1 aromatic heterocycles. The van der Waals surface area contributed by atoms with Crippen molar-refractivity contribution in [2.24, 2.45) is 0 Å². The van der Waals surface area contributed by atoms with Crippen LogP contribution in [0.1, 0.15) is 12.2 Å². The van der Waals surface area contributed by atoms with Gasteiger partial charge in [-0.3, -0.25) is 4.79 Å². The third-order valence-electron chi connectivity index (χ3n) is 5.45.